The quantitative estimate of drug-likeness (QED) is 0.740. The highest BCUT2D eigenvalue weighted by molar-refractivity contribution is 5.97. The van der Waals surface area contributed by atoms with E-state index in [1.165, 1.54) is 24.3 Å². The van der Waals surface area contributed by atoms with Crippen molar-refractivity contribution in [1.82, 2.24) is 4.90 Å². The average molecular weight is 265 g/mol. The van der Waals surface area contributed by atoms with Crippen LogP contribution < -0.4 is 0 Å². The minimum Gasteiger partial charge on any atom is -0.377 e. The molecular weight excluding hydrogens is 245 g/mol. The van der Waals surface area contributed by atoms with E-state index < -0.39 is 0 Å². The largest absolute Gasteiger partial charge is 0.377 e. The van der Waals surface area contributed by atoms with Crippen molar-refractivity contribution < 1.29 is 13.9 Å². The summed E-state index contributed by atoms with van der Waals surface area (Å²) in [6.45, 7) is 4.83. The van der Waals surface area contributed by atoms with Gasteiger partial charge in [-0.3, -0.25) is 9.69 Å². The van der Waals surface area contributed by atoms with E-state index in [2.05, 4.69) is 4.90 Å². The topological polar surface area (TPSA) is 29.5 Å². The van der Waals surface area contributed by atoms with Crippen LogP contribution in [0.1, 0.15) is 30.1 Å². The van der Waals surface area contributed by atoms with Crippen LogP contribution in [0.15, 0.2) is 24.3 Å². The summed E-state index contributed by atoms with van der Waals surface area (Å²) in [6, 6.07) is 5.72. The van der Waals surface area contributed by atoms with Crippen LogP contribution in [0, 0.1) is 5.82 Å². The molecule has 1 aromatic carbocycles. The maximum atomic E-state index is 12.8. The normalized spacial score (nSPS) is 19.0. The molecule has 1 aliphatic rings. The number of likely N-dealkylation sites (N-methyl/N-ethyl adjacent to an activating group) is 1. The molecule has 0 bridgehead atoms. The Labute approximate surface area is 113 Å². The van der Waals surface area contributed by atoms with Crippen LogP contribution in [0.5, 0.6) is 0 Å². The smallest absolute Gasteiger partial charge is 0.176 e. The molecule has 0 radical (unpaired) electrons. The summed E-state index contributed by atoms with van der Waals surface area (Å²) < 4.78 is 18.4. The second-order valence-corrected chi connectivity index (χ2v) is 4.89. The van der Waals surface area contributed by atoms with Crippen LogP contribution in [0.3, 0.4) is 0 Å². The first-order valence-electron chi connectivity index (χ1n) is 6.81. The summed E-state index contributed by atoms with van der Waals surface area (Å²) in [5.41, 5.74) is 0.562. The van der Waals surface area contributed by atoms with Gasteiger partial charge in [0.25, 0.3) is 0 Å². The zero-order valence-corrected chi connectivity index (χ0v) is 11.3. The van der Waals surface area contributed by atoms with E-state index in [0.29, 0.717) is 12.1 Å². The van der Waals surface area contributed by atoms with Crippen LogP contribution in [-0.4, -0.2) is 43.0 Å². The molecule has 1 unspecified atom stereocenters. The molecule has 0 aliphatic carbocycles. The lowest BCUT2D eigenvalue weighted by Crippen LogP contribution is -2.36. The molecule has 1 fully saturated rings. The molecule has 4 heteroatoms. The number of hydrogen-bond donors (Lipinski definition) is 0. The Kier molecular flexibility index (Phi) is 5.05. The standard InChI is InChI=1S/C15H20FNO2/c1-2-17(10-14-4-3-9-19-14)11-15(18)12-5-7-13(16)8-6-12/h5-8,14H,2-4,9-11H2,1H3. The maximum absolute atomic E-state index is 12.8. The van der Waals surface area contributed by atoms with Crippen molar-refractivity contribution in [3.63, 3.8) is 0 Å². The number of benzene rings is 1. The monoisotopic (exact) mass is 265 g/mol. The molecule has 19 heavy (non-hydrogen) atoms. The van der Waals surface area contributed by atoms with Gasteiger partial charge in [0.1, 0.15) is 5.82 Å². The minimum absolute atomic E-state index is 0.0276. The molecule has 0 spiro atoms. The van der Waals surface area contributed by atoms with Crippen molar-refractivity contribution >= 4 is 5.78 Å². The first-order valence-corrected chi connectivity index (χ1v) is 6.81. The summed E-state index contributed by atoms with van der Waals surface area (Å²) >= 11 is 0. The van der Waals surface area contributed by atoms with Gasteiger partial charge in [0, 0.05) is 18.7 Å². The van der Waals surface area contributed by atoms with Crippen molar-refractivity contribution in [3.8, 4) is 0 Å². The second kappa shape index (κ2) is 6.78. The predicted octanol–water partition coefficient (Wildman–Crippen LogP) is 2.51. The lowest BCUT2D eigenvalue weighted by molar-refractivity contribution is 0.0686. The van der Waals surface area contributed by atoms with Crippen molar-refractivity contribution in [2.45, 2.75) is 25.9 Å². The SMILES string of the molecule is CCN(CC(=O)c1ccc(F)cc1)CC1CCCO1. The summed E-state index contributed by atoms with van der Waals surface area (Å²) in [5.74, 6) is -0.289. The fourth-order valence-electron chi connectivity index (χ4n) is 2.31. The summed E-state index contributed by atoms with van der Waals surface area (Å²) in [7, 11) is 0. The van der Waals surface area contributed by atoms with E-state index in [1.54, 1.807) is 0 Å². The van der Waals surface area contributed by atoms with Gasteiger partial charge in [-0.2, -0.15) is 0 Å². The van der Waals surface area contributed by atoms with E-state index in [0.717, 1.165) is 32.5 Å². The Morgan fingerprint density at radius 3 is 2.74 bits per heavy atom. The molecule has 104 valence electrons. The first kappa shape index (κ1) is 14.2. The van der Waals surface area contributed by atoms with Crippen LogP contribution in [-0.2, 0) is 4.74 Å². The third-order valence-corrected chi connectivity index (χ3v) is 3.47. The average Bonchev–Trinajstić information content (AvgIpc) is 2.91. The van der Waals surface area contributed by atoms with Gasteiger partial charge in [-0.1, -0.05) is 6.92 Å². The number of nitrogens with zero attached hydrogens (tertiary/aromatic N) is 1. The Morgan fingerprint density at radius 2 is 2.16 bits per heavy atom. The molecule has 1 saturated heterocycles. The van der Waals surface area contributed by atoms with E-state index in [-0.39, 0.29) is 17.7 Å². The Bertz CT molecular complexity index is 413. The molecule has 0 saturated carbocycles. The molecule has 1 atom stereocenters. The van der Waals surface area contributed by atoms with E-state index >= 15 is 0 Å². The van der Waals surface area contributed by atoms with Gasteiger partial charge in [0.15, 0.2) is 5.78 Å². The van der Waals surface area contributed by atoms with Crippen LogP contribution in [0.2, 0.25) is 0 Å². The number of ketones is 1. The Morgan fingerprint density at radius 1 is 1.42 bits per heavy atom. The highest BCUT2D eigenvalue weighted by Crippen LogP contribution is 2.14. The number of ether oxygens (including phenoxy) is 1. The number of hydrogen-bond acceptors (Lipinski definition) is 3. The van der Waals surface area contributed by atoms with E-state index in [9.17, 15) is 9.18 Å². The lowest BCUT2D eigenvalue weighted by atomic mass is 10.1. The number of halogens is 1. The highest BCUT2D eigenvalue weighted by Gasteiger charge is 2.20. The number of rotatable bonds is 6. The van der Waals surface area contributed by atoms with Crippen LogP contribution >= 0.6 is 0 Å². The van der Waals surface area contributed by atoms with Crippen molar-refractivity contribution in [3.05, 3.63) is 35.6 Å². The molecule has 3 nitrogen and oxygen atoms in total. The predicted molar refractivity (Wildman–Crippen MR) is 71.8 cm³/mol. The Balaban J connectivity index is 1.89. The third-order valence-electron chi connectivity index (χ3n) is 3.47. The van der Waals surface area contributed by atoms with Gasteiger partial charge in [-0.25, -0.2) is 4.39 Å². The number of carbonyl (C=O) groups excluding carboxylic acids is 1. The molecule has 0 N–H and O–H groups in total. The van der Waals surface area contributed by atoms with Crippen molar-refractivity contribution in [2.24, 2.45) is 0 Å². The number of Topliss-reactive ketones (excluding diaryl/α,β-unsaturated/α-hetero) is 1. The molecule has 0 amide bonds. The van der Waals surface area contributed by atoms with Gasteiger partial charge >= 0.3 is 0 Å². The first-order chi connectivity index (χ1) is 9.19. The second-order valence-electron chi connectivity index (χ2n) is 4.89. The maximum Gasteiger partial charge on any atom is 0.176 e. The zero-order chi connectivity index (χ0) is 13.7. The van der Waals surface area contributed by atoms with Crippen molar-refractivity contribution in [2.75, 3.05) is 26.2 Å². The molecule has 0 aromatic heterocycles. The van der Waals surface area contributed by atoms with E-state index in [1.807, 2.05) is 6.92 Å². The van der Waals surface area contributed by atoms with Crippen LogP contribution in [0.25, 0.3) is 0 Å². The van der Waals surface area contributed by atoms with Gasteiger partial charge in [-0.05, 0) is 43.7 Å². The molecule has 1 aromatic rings. The molecule has 1 heterocycles. The molecule has 2 rings (SSSR count). The third kappa shape index (κ3) is 4.11. The Hall–Kier alpha value is -1.26. The van der Waals surface area contributed by atoms with Crippen LogP contribution in [0.4, 0.5) is 4.39 Å². The van der Waals surface area contributed by atoms with E-state index in [4.69, 9.17) is 4.74 Å². The fourth-order valence-corrected chi connectivity index (χ4v) is 2.31. The highest BCUT2D eigenvalue weighted by atomic mass is 19.1. The van der Waals surface area contributed by atoms with Gasteiger partial charge in [-0.15, -0.1) is 0 Å². The van der Waals surface area contributed by atoms with Crippen molar-refractivity contribution in [1.29, 1.82) is 0 Å². The minimum atomic E-state index is -0.316. The zero-order valence-electron chi connectivity index (χ0n) is 11.3. The van der Waals surface area contributed by atoms with Gasteiger partial charge < -0.3 is 4.74 Å². The lowest BCUT2D eigenvalue weighted by Gasteiger charge is -2.22. The van der Waals surface area contributed by atoms with Gasteiger partial charge in [0.2, 0.25) is 0 Å². The fraction of sp³-hybridized carbons (Fsp3) is 0.533. The van der Waals surface area contributed by atoms with Gasteiger partial charge in [0.05, 0.1) is 12.6 Å². The summed E-state index contributed by atoms with van der Waals surface area (Å²) in [5, 5.41) is 0. The number of carbonyl (C=O) groups is 1. The summed E-state index contributed by atoms with van der Waals surface area (Å²) in [6.07, 6.45) is 2.43. The summed E-state index contributed by atoms with van der Waals surface area (Å²) in [4.78, 5) is 14.2. The molecular formula is C15H20FNO2. The molecule has 1 aliphatic heterocycles.